The summed E-state index contributed by atoms with van der Waals surface area (Å²) in [5, 5.41) is 0. The lowest BCUT2D eigenvalue weighted by molar-refractivity contribution is -0.113. The van der Waals surface area contributed by atoms with Gasteiger partial charge in [0, 0.05) is 23.6 Å². The molecule has 0 bridgehead atoms. The predicted octanol–water partition coefficient (Wildman–Crippen LogP) is 5.08. The number of aryl methyl sites for hydroxylation is 2. The fourth-order valence-corrected chi connectivity index (χ4v) is 3.91. The molecule has 2 aromatic rings. The molecule has 0 spiro atoms. The molecule has 2 N–H and O–H groups in total. The van der Waals surface area contributed by atoms with Crippen LogP contribution in [-0.2, 0) is 11.2 Å². The van der Waals surface area contributed by atoms with Gasteiger partial charge in [-0.1, -0.05) is 48.5 Å². The molecule has 156 valence electrons. The van der Waals surface area contributed by atoms with Crippen LogP contribution in [0.2, 0.25) is 0 Å². The molecule has 2 aliphatic rings. The molecule has 2 aliphatic heterocycles. The van der Waals surface area contributed by atoms with E-state index in [4.69, 9.17) is 10.7 Å². The summed E-state index contributed by atoms with van der Waals surface area (Å²) >= 11 is 0. The molecule has 4 nitrogen and oxygen atoms in total. The van der Waals surface area contributed by atoms with Crippen molar-refractivity contribution in [2.45, 2.75) is 26.7 Å². The van der Waals surface area contributed by atoms with Gasteiger partial charge in [0.05, 0.1) is 17.3 Å². The normalized spacial score (nSPS) is 17.4. The van der Waals surface area contributed by atoms with E-state index in [0.29, 0.717) is 12.1 Å². The lowest BCUT2D eigenvalue weighted by Crippen LogP contribution is -2.14. The Morgan fingerprint density at radius 1 is 1.10 bits per heavy atom. The lowest BCUT2D eigenvalue weighted by Gasteiger charge is -2.12. The van der Waals surface area contributed by atoms with Crippen molar-refractivity contribution in [3.63, 3.8) is 0 Å². The quantitative estimate of drug-likeness (QED) is 0.723. The van der Waals surface area contributed by atoms with Gasteiger partial charge in [0.25, 0.3) is 0 Å². The van der Waals surface area contributed by atoms with Gasteiger partial charge in [-0.15, -0.1) is 0 Å². The zero-order chi connectivity index (χ0) is 21.8. The average molecular weight is 410 g/mol. The molecule has 2 heterocycles. The van der Waals surface area contributed by atoms with Crippen molar-refractivity contribution in [1.82, 2.24) is 0 Å². The maximum absolute atomic E-state index is 12.2. The highest BCUT2D eigenvalue weighted by molar-refractivity contribution is 6.13. The van der Waals surface area contributed by atoms with E-state index in [-0.39, 0.29) is 11.7 Å². The van der Waals surface area contributed by atoms with Crippen LogP contribution in [-0.4, -0.2) is 24.3 Å². The van der Waals surface area contributed by atoms with Gasteiger partial charge in [0.2, 0.25) is 0 Å². The summed E-state index contributed by atoms with van der Waals surface area (Å²) in [5.41, 5.74) is 13.8. The van der Waals surface area contributed by atoms with E-state index in [1.807, 2.05) is 24.4 Å². The van der Waals surface area contributed by atoms with Gasteiger partial charge >= 0.3 is 0 Å². The maximum atomic E-state index is 12.2. The number of rotatable bonds is 6. The van der Waals surface area contributed by atoms with Crippen molar-refractivity contribution >= 4 is 23.4 Å². The molecule has 0 saturated heterocycles. The molecule has 4 heteroatoms. The first kappa shape index (κ1) is 20.9. The van der Waals surface area contributed by atoms with Gasteiger partial charge in [0.1, 0.15) is 0 Å². The summed E-state index contributed by atoms with van der Waals surface area (Å²) in [5.74, 6) is -0.0454. The lowest BCUT2D eigenvalue weighted by atomic mass is 9.96. The zero-order valence-electron chi connectivity index (χ0n) is 18.0. The first-order valence-corrected chi connectivity index (χ1v) is 10.7. The van der Waals surface area contributed by atoms with E-state index in [0.717, 1.165) is 35.4 Å². The zero-order valence-corrected chi connectivity index (χ0v) is 18.0. The van der Waals surface area contributed by atoms with E-state index in [2.05, 4.69) is 54.4 Å². The van der Waals surface area contributed by atoms with E-state index in [1.54, 1.807) is 13.1 Å². The van der Waals surface area contributed by atoms with Gasteiger partial charge in [-0.2, -0.15) is 0 Å². The molecule has 31 heavy (non-hydrogen) atoms. The molecule has 1 unspecified atom stereocenters. The fraction of sp³-hybridized carbons (Fsp3) is 0.222. The molecular formula is C27H27N3O. The number of nitrogens with two attached hydrogens (primary N) is 1. The maximum Gasteiger partial charge on any atom is 0.159 e. The molecule has 0 radical (unpaired) electrons. The third-order valence-electron chi connectivity index (χ3n) is 5.69. The number of carbonyl (C=O) groups excluding carboxylic acids is 1. The van der Waals surface area contributed by atoms with Gasteiger partial charge < -0.3 is 5.73 Å². The van der Waals surface area contributed by atoms with Gasteiger partial charge in [-0.05, 0) is 67.6 Å². The molecule has 0 amide bonds. The number of hydrogen-bond acceptors (Lipinski definition) is 4. The minimum absolute atomic E-state index is 0.0286. The second kappa shape index (κ2) is 9.19. The van der Waals surface area contributed by atoms with Crippen LogP contribution in [0.25, 0.3) is 16.8 Å². The van der Waals surface area contributed by atoms with Crippen LogP contribution < -0.4 is 5.73 Å². The van der Waals surface area contributed by atoms with Crippen molar-refractivity contribution in [2.24, 2.45) is 21.6 Å². The monoisotopic (exact) mass is 409 g/mol. The summed E-state index contributed by atoms with van der Waals surface area (Å²) in [6.45, 7) is 4.40. The fourth-order valence-electron chi connectivity index (χ4n) is 3.91. The predicted molar refractivity (Wildman–Crippen MR) is 129 cm³/mol. The Kier molecular flexibility index (Phi) is 6.19. The van der Waals surface area contributed by atoms with Crippen molar-refractivity contribution in [3.8, 4) is 11.1 Å². The van der Waals surface area contributed by atoms with Crippen molar-refractivity contribution < 1.29 is 4.79 Å². The second-order valence-corrected chi connectivity index (χ2v) is 8.00. The van der Waals surface area contributed by atoms with Crippen LogP contribution in [0.3, 0.4) is 0 Å². The molecule has 4 rings (SSSR count). The smallest absolute Gasteiger partial charge is 0.159 e. The number of allylic oxidation sites excluding steroid dienone is 4. The summed E-state index contributed by atoms with van der Waals surface area (Å²) in [4.78, 5) is 21.3. The Balaban J connectivity index is 1.67. The SMILES string of the molecule is CC(=O)C1=CC2C=NC=CC2=NC(c2ccc(-c3ccc(CCCN)cc3)cc2C)=C1. The van der Waals surface area contributed by atoms with E-state index in [9.17, 15) is 4.79 Å². The summed E-state index contributed by atoms with van der Waals surface area (Å²) in [6.07, 6.45) is 11.3. The highest BCUT2D eigenvalue weighted by atomic mass is 16.1. The number of Topliss-reactive ketones (excluding diaryl/α,β-unsaturated/α-hetero) is 1. The summed E-state index contributed by atoms with van der Waals surface area (Å²) < 4.78 is 0. The van der Waals surface area contributed by atoms with Crippen LogP contribution in [0.4, 0.5) is 0 Å². The number of nitrogens with zero attached hydrogens (tertiary/aromatic N) is 2. The van der Waals surface area contributed by atoms with Crippen molar-refractivity contribution in [1.29, 1.82) is 0 Å². The standard InChI is InChI=1S/C27H27N3O/c1-18-14-22(21-7-5-20(6-8-21)4-3-12-28)9-10-25(18)27-16-23(19(2)31)15-24-17-29-13-11-26(24)30-27/h5-11,13-17,24H,3-4,12,28H2,1-2H3. The van der Waals surface area contributed by atoms with Crippen LogP contribution in [0, 0.1) is 12.8 Å². The minimum Gasteiger partial charge on any atom is -0.330 e. The van der Waals surface area contributed by atoms with Gasteiger partial charge in [-0.25, -0.2) is 0 Å². The van der Waals surface area contributed by atoms with Crippen molar-refractivity contribution in [2.75, 3.05) is 6.54 Å². The second-order valence-electron chi connectivity index (χ2n) is 8.00. The van der Waals surface area contributed by atoms with Crippen LogP contribution in [0.15, 0.2) is 82.5 Å². The number of aliphatic imine (C=N–C) groups is 2. The molecule has 2 aromatic carbocycles. The first-order chi connectivity index (χ1) is 15.0. The Hall–Kier alpha value is -3.37. The summed E-state index contributed by atoms with van der Waals surface area (Å²) in [7, 11) is 0. The number of benzene rings is 2. The van der Waals surface area contributed by atoms with Gasteiger partial charge in [-0.3, -0.25) is 14.8 Å². The Morgan fingerprint density at radius 3 is 2.58 bits per heavy atom. The van der Waals surface area contributed by atoms with E-state index < -0.39 is 0 Å². The molecular weight excluding hydrogens is 382 g/mol. The third-order valence-corrected chi connectivity index (χ3v) is 5.69. The summed E-state index contributed by atoms with van der Waals surface area (Å²) in [6, 6.07) is 15.1. The topological polar surface area (TPSA) is 67.8 Å². The molecule has 0 saturated carbocycles. The van der Waals surface area contributed by atoms with E-state index >= 15 is 0 Å². The Bertz CT molecular complexity index is 1150. The average Bonchev–Trinajstić information content (AvgIpc) is 2.98. The molecule has 1 atom stereocenters. The molecule has 0 fully saturated rings. The Labute approximate surface area is 183 Å². The third kappa shape index (κ3) is 4.70. The number of ketones is 1. The largest absolute Gasteiger partial charge is 0.330 e. The van der Waals surface area contributed by atoms with E-state index in [1.165, 1.54) is 16.7 Å². The van der Waals surface area contributed by atoms with Crippen molar-refractivity contribution in [3.05, 3.63) is 89.2 Å². The number of hydrogen-bond donors (Lipinski definition) is 1. The van der Waals surface area contributed by atoms with Crippen LogP contribution in [0.1, 0.15) is 30.0 Å². The van der Waals surface area contributed by atoms with Crippen LogP contribution >= 0.6 is 0 Å². The number of fused-ring (bicyclic) bond motifs is 1. The minimum atomic E-state index is -0.0741. The highest BCUT2D eigenvalue weighted by Gasteiger charge is 2.19. The molecule has 0 aromatic heterocycles. The Morgan fingerprint density at radius 2 is 1.87 bits per heavy atom. The highest BCUT2D eigenvalue weighted by Crippen LogP contribution is 2.30. The van der Waals surface area contributed by atoms with Gasteiger partial charge in [0.15, 0.2) is 5.78 Å². The first-order valence-electron chi connectivity index (χ1n) is 10.7. The van der Waals surface area contributed by atoms with Crippen LogP contribution in [0.5, 0.6) is 0 Å². The number of carbonyl (C=O) groups is 1. The molecule has 0 aliphatic carbocycles.